The Morgan fingerprint density at radius 2 is 1.67 bits per heavy atom. The molecular weight excluding hydrogens is 341 g/mol. The van der Waals surface area contributed by atoms with E-state index in [1.165, 1.54) is 44.6 Å². The summed E-state index contributed by atoms with van der Waals surface area (Å²) >= 11 is 0. The first kappa shape index (κ1) is 17.5. The van der Waals surface area contributed by atoms with Crippen LogP contribution in [0.1, 0.15) is 44.1 Å². The standard InChI is InChI=1S/C22H30FN3O/c23-20-3-1-2-16(11-20)15-25-4-6-26(7-5-25)21(27)24-22-12-17-8-18(13-22)10-19(9-17)14-22/h1-3,11,17-19H,4-10,12-15H2,(H,24,27). The summed E-state index contributed by atoms with van der Waals surface area (Å²) in [5.74, 6) is 2.36. The Kier molecular flexibility index (Phi) is 4.38. The Morgan fingerprint density at radius 1 is 1.04 bits per heavy atom. The second-order valence-electron chi connectivity index (χ2n) is 9.52. The lowest BCUT2D eigenvalue weighted by molar-refractivity contribution is -0.0165. The number of amides is 2. The molecule has 4 nitrogen and oxygen atoms in total. The fourth-order valence-electron chi connectivity index (χ4n) is 6.57. The van der Waals surface area contributed by atoms with Gasteiger partial charge in [-0.2, -0.15) is 0 Å². The van der Waals surface area contributed by atoms with Gasteiger partial charge in [0.15, 0.2) is 0 Å². The highest BCUT2D eigenvalue weighted by molar-refractivity contribution is 5.75. The molecule has 0 aromatic heterocycles. The van der Waals surface area contributed by atoms with Crippen LogP contribution in [-0.4, -0.2) is 47.5 Å². The fourth-order valence-corrected chi connectivity index (χ4v) is 6.57. The Hall–Kier alpha value is -1.62. The molecular formula is C22H30FN3O. The van der Waals surface area contributed by atoms with Crippen molar-refractivity contribution in [2.45, 2.75) is 50.6 Å². The lowest BCUT2D eigenvalue weighted by atomic mass is 9.53. The Balaban J connectivity index is 1.15. The number of benzene rings is 1. The third-order valence-electron chi connectivity index (χ3n) is 7.37. The first-order valence-corrected chi connectivity index (χ1v) is 10.6. The summed E-state index contributed by atoms with van der Waals surface area (Å²) in [6.07, 6.45) is 7.79. The van der Waals surface area contributed by atoms with Crippen molar-refractivity contribution in [1.29, 1.82) is 0 Å². The molecule has 1 N–H and O–H groups in total. The Bertz CT molecular complexity index is 678. The number of hydrogen-bond acceptors (Lipinski definition) is 2. The maximum absolute atomic E-state index is 13.4. The minimum Gasteiger partial charge on any atom is -0.333 e. The molecule has 27 heavy (non-hydrogen) atoms. The van der Waals surface area contributed by atoms with E-state index in [0.29, 0.717) is 0 Å². The van der Waals surface area contributed by atoms with Crippen molar-refractivity contribution < 1.29 is 9.18 Å². The van der Waals surface area contributed by atoms with Gasteiger partial charge in [0.2, 0.25) is 0 Å². The Morgan fingerprint density at radius 3 is 2.26 bits per heavy atom. The molecule has 2 amide bonds. The molecule has 1 aromatic carbocycles. The van der Waals surface area contributed by atoms with Gasteiger partial charge in [-0.15, -0.1) is 0 Å². The van der Waals surface area contributed by atoms with Crippen molar-refractivity contribution in [3.05, 3.63) is 35.6 Å². The molecule has 4 aliphatic carbocycles. The molecule has 0 atom stereocenters. The number of halogens is 1. The van der Waals surface area contributed by atoms with Crippen molar-refractivity contribution in [3.8, 4) is 0 Å². The number of nitrogens with zero attached hydrogens (tertiary/aromatic N) is 2. The van der Waals surface area contributed by atoms with Gasteiger partial charge in [0.1, 0.15) is 5.82 Å². The third kappa shape index (κ3) is 3.58. The van der Waals surface area contributed by atoms with Crippen molar-refractivity contribution in [2.24, 2.45) is 17.8 Å². The molecule has 4 saturated carbocycles. The summed E-state index contributed by atoms with van der Waals surface area (Å²) in [6, 6.07) is 6.96. The zero-order valence-corrected chi connectivity index (χ0v) is 16.0. The van der Waals surface area contributed by atoms with Gasteiger partial charge >= 0.3 is 6.03 Å². The molecule has 6 rings (SSSR count). The van der Waals surface area contributed by atoms with Gasteiger partial charge < -0.3 is 10.2 Å². The second-order valence-corrected chi connectivity index (χ2v) is 9.52. The predicted molar refractivity (Wildman–Crippen MR) is 103 cm³/mol. The molecule has 5 fully saturated rings. The van der Waals surface area contributed by atoms with E-state index >= 15 is 0 Å². The summed E-state index contributed by atoms with van der Waals surface area (Å²) < 4.78 is 13.4. The van der Waals surface area contributed by atoms with E-state index in [9.17, 15) is 9.18 Å². The first-order chi connectivity index (χ1) is 13.1. The molecule has 0 radical (unpaired) electrons. The highest BCUT2D eigenvalue weighted by Gasteiger charge is 2.51. The third-order valence-corrected chi connectivity index (χ3v) is 7.37. The molecule has 5 heteroatoms. The number of carbonyl (C=O) groups excluding carboxylic acids is 1. The summed E-state index contributed by atoms with van der Waals surface area (Å²) in [6.45, 7) is 3.97. The Labute approximate surface area is 161 Å². The van der Waals surface area contributed by atoms with Crippen LogP contribution in [0, 0.1) is 23.6 Å². The van der Waals surface area contributed by atoms with Gasteiger partial charge in [-0.3, -0.25) is 4.90 Å². The molecule has 1 saturated heterocycles. The van der Waals surface area contributed by atoms with Crippen LogP contribution in [0.2, 0.25) is 0 Å². The molecule has 5 aliphatic rings. The number of urea groups is 1. The summed E-state index contributed by atoms with van der Waals surface area (Å²) in [5, 5.41) is 3.49. The first-order valence-electron chi connectivity index (χ1n) is 10.6. The lowest BCUT2D eigenvalue weighted by Crippen LogP contribution is -2.63. The van der Waals surface area contributed by atoms with Crippen LogP contribution in [-0.2, 0) is 6.54 Å². The van der Waals surface area contributed by atoms with Gasteiger partial charge in [0.05, 0.1) is 0 Å². The largest absolute Gasteiger partial charge is 0.333 e. The van der Waals surface area contributed by atoms with Gasteiger partial charge in [-0.25, -0.2) is 9.18 Å². The van der Waals surface area contributed by atoms with E-state index in [0.717, 1.165) is 56.0 Å². The topological polar surface area (TPSA) is 35.6 Å². The van der Waals surface area contributed by atoms with E-state index in [1.54, 1.807) is 12.1 Å². The molecule has 146 valence electrons. The maximum atomic E-state index is 13.4. The van der Waals surface area contributed by atoms with Crippen LogP contribution in [0.3, 0.4) is 0 Å². The van der Waals surface area contributed by atoms with E-state index in [4.69, 9.17) is 0 Å². The van der Waals surface area contributed by atoms with Gasteiger partial charge in [0, 0.05) is 38.3 Å². The van der Waals surface area contributed by atoms with Gasteiger partial charge in [0.25, 0.3) is 0 Å². The molecule has 1 aliphatic heterocycles. The summed E-state index contributed by atoms with van der Waals surface area (Å²) in [5.41, 5.74) is 1.09. The summed E-state index contributed by atoms with van der Waals surface area (Å²) in [4.78, 5) is 17.2. The van der Waals surface area contributed by atoms with E-state index in [2.05, 4.69) is 10.2 Å². The minimum atomic E-state index is -0.180. The molecule has 0 spiro atoms. The SMILES string of the molecule is O=C(NC12CC3CC(CC(C3)C1)C2)N1CCN(Cc2cccc(F)c2)CC1. The fraction of sp³-hybridized carbons (Fsp3) is 0.682. The highest BCUT2D eigenvalue weighted by Crippen LogP contribution is 2.55. The number of piperazine rings is 1. The van der Waals surface area contributed by atoms with Crippen molar-refractivity contribution in [3.63, 3.8) is 0 Å². The quantitative estimate of drug-likeness (QED) is 0.881. The smallest absolute Gasteiger partial charge is 0.317 e. The molecule has 1 aromatic rings. The van der Waals surface area contributed by atoms with E-state index in [-0.39, 0.29) is 17.4 Å². The number of hydrogen-bond donors (Lipinski definition) is 1. The van der Waals surface area contributed by atoms with Crippen LogP contribution >= 0.6 is 0 Å². The number of carbonyl (C=O) groups is 1. The highest BCUT2D eigenvalue weighted by atomic mass is 19.1. The number of rotatable bonds is 3. The molecule has 0 unspecified atom stereocenters. The number of nitrogens with one attached hydrogen (secondary N) is 1. The zero-order chi connectivity index (χ0) is 18.4. The summed E-state index contributed by atoms with van der Waals surface area (Å²) in [7, 11) is 0. The zero-order valence-electron chi connectivity index (χ0n) is 16.0. The molecule has 4 bridgehead atoms. The minimum absolute atomic E-state index is 0.0878. The van der Waals surface area contributed by atoms with Crippen molar-refractivity contribution in [2.75, 3.05) is 26.2 Å². The van der Waals surface area contributed by atoms with Gasteiger partial charge in [-0.1, -0.05) is 12.1 Å². The predicted octanol–water partition coefficient (Wildman–Crippen LogP) is 3.62. The average Bonchev–Trinajstić information content (AvgIpc) is 2.61. The van der Waals surface area contributed by atoms with E-state index in [1.807, 2.05) is 11.0 Å². The van der Waals surface area contributed by atoms with Crippen LogP contribution in [0.15, 0.2) is 24.3 Å². The second kappa shape index (κ2) is 6.77. The average molecular weight is 372 g/mol. The van der Waals surface area contributed by atoms with Crippen LogP contribution in [0.25, 0.3) is 0 Å². The van der Waals surface area contributed by atoms with Crippen LogP contribution in [0.5, 0.6) is 0 Å². The normalized spacial score (nSPS) is 35.4. The van der Waals surface area contributed by atoms with Gasteiger partial charge in [-0.05, 0) is 74.0 Å². The lowest BCUT2D eigenvalue weighted by Gasteiger charge is -2.57. The van der Waals surface area contributed by atoms with Crippen LogP contribution < -0.4 is 5.32 Å². The monoisotopic (exact) mass is 371 g/mol. The van der Waals surface area contributed by atoms with Crippen molar-refractivity contribution in [1.82, 2.24) is 15.1 Å². The molecule has 1 heterocycles. The van der Waals surface area contributed by atoms with E-state index < -0.39 is 0 Å². The van der Waals surface area contributed by atoms with Crippen molar-refractivity contribution >= 4 is 6.03 Å². The maximum Gasteiger partial charge on any atom is 0.317 e. The van der Waals surface area contributed by atoms with Crippen LogP contribution in [0.4, 0.5) is 9.18 Å².